The lowest BCUT2D eigenvalue weighted by molar-refractivity contribution is -0.577. The Hall–Kier alpha value is -2.70. The van der Waals surface area contributed by atoms with E-state index in [0.717, 1.165) is 0 Å². The van der Waals surface area contributed by atoms with Crippen molar-refractivity contribution in [1.29, 1.82) is 0 Å². The first-order valence-electron chi connectivity index (χ1n) is 5.06. The van der Waals surface area contributed by atoms with Gasteiger partial charge in [0.1, 0.15) is 11.2 Å². The third kappa shape index (κ3) is 2.51. The van der Waals surface area contributed by atoms with Crippen LogP contribution in [0, 0.1) is 5.21 Å². The predicted molar refractivity (Wildman–Crippen MR) is 63.8 cm³/mol. The van der Waals surface area contributed by atoms with Gasteiger partial charge >= 0.3 is 6.09 Å². The van der Waals surface area contributed by atoms with Crippen molar-refractivity contribution >= 4 is 23.3 Å². The second-order valence-electron chi connectivity index (χ2n) is 3.34. The average molecular weight is 246 g/mol. The molecule has 0 unspecified atom stereocenters. The number of methoxy groups -OCH3 is 1. The van der Waals surface area contributed by atoms with Gasteiger partial charge in [-0.3, -0.25) is 0 Å². The zero-order valence-electron chi connectivity index (χ0n) is 9.53. The van der Waals surface area contributed by atoms with Crippen LogP contribution in [0.5, 0.6) is 0 Å². The molecule has 2 aromatic rings. The molecule has 0 saturated heterocycles. The zero-order chi connectivity index (χ0) is 13.0. The number of carbonyl (C=O) groups excluding carboxylic acids is 1. The maximum absolute atomic E-state index is 11.7. The number of hydrazone groups is 1. The molecule has 1 amide bonds. The third-order valence-electron chi connectivity index (χ3n) is 2.16. The minimum absolute atomic E-state index is 0.333. The molecule has 0 bridgehead atoms. The van der Waals surface area contributed by atoms with E-state index in [1.54, 1.807) is 24.3 Å². The van der Waals surface area contributed by atoms with E-state index >= 15 is 0 Å². The van der Waals surface area contributed by atoms with Crippen LogP contribution in [0.15, 0.2) is 35.6 Å². The van der Waals surface area contributed by atoms with E-state index in [-0.39, 0.29) is 0 Å². The van der Waals surface area contributed by atoms with Gasteiger partial charge in [-0.15, -0.1) is 0 Å². The molecule has 1 aromatic carbocycles. The lowest BCUT2D eigenvalue weighted by atomic mass is 10.3. The van der Waals surface area contributed by atoms with Gasteiger partial charge in [-0.05, 0) is 6.07 Å². The van der Waals surface area contributed by atoms with Gasteiger partial charge in [0.2, 0.25) is 11.7 Å². The van der Waals surface area contributed by atoms with Gasteiger partial charge < -0.3 is 9.94 Å². The normalized spacial score (nSPS) is 10.7. The maximum Gasteiger partial charge on any atom is 0.427 e. The number of benzene rings is 1. The number of fused-ring (bicyclic) bond motifs is 1. The lowest BCUT2D eigenvalue weighted by Gasteiger charge is -2.01. The summed E-state index contributed by atoms with van der Waals surface area (Å²) in [5.41, 5.74) is 3.46. The van der Waals surface area contributed by atoms with Crippen molar-refractivity contribution in [1.82, 2.24) is 10.4 Å². The van der Waals surface area contributed by atoms with Crippen molar-refractivity contribution in [3.63, 3.8) is 0 Å². The van der Waals surface area contributed by atoms with Gasteiger partial charge in [0.25, 0.3) is 0 Å². The quantitative estimate of drug-likeness (QED) is 0.363. The maximum atomic E-state index is 11.7. The summed E-state index contributed by atoms with van der Waals surface area (Å²) in [4.78, 5) is 14.9. The largest absolute Gasteiger partial charge is 0.618 e. The van der Waals surface area contributed by atoms with Crippen LogP contribution < -0.4 is 10.2 Å². The van der Waals surface area contributed by atoms with E-state index in [1.807, 2.05) is 0 Å². The Morgan fingerprint density at radius 3 is 3.11 bits per heavy atom. The van der Waals surface area contributed by atoms with Gasteiger partial charge in [-0.25, -0.2) is 15.2 Å². The van der Waals surface area contributed by atoms with Crippen LogP contribution in [0.2, 0.25) is 0 Å². The van der Waals surface area contributed by atoms with Crippen LogP contribution in [-0.4, -0.2) is 24.4 Å². The summed E-state index contributed by atoms with van der Waals surface area (Å²) in [5, 5.41) is 15.3. The number of aromatic nitrogens is 2. The van der Waals surface area contributed by atoms with E-state index in [2.05, 4.69) is 20.2 Å². The Kier molecular flexibility index (Phi) is 3.33. The monoisotopic (exact) mass is 246 g/mol. The topological polar surface area (TPSA) is 90.5 Å². The summed E-state index contributed by atoms with van der Waals surface area (Å²) in [7, 11) is 1.23. The van der Waals surface area contributed by atoms with Gasteiger partial charge in [0, 0.05) is 6.07 Å². The Morgan fingerprint density at radius 1 is 1.56 bits per heavy atom. The van der Waals surface area contributed by atoms with E-state index in [4.69, 9.17) is 0 Å². The molecule has 7 heteroatoms. The number of para-hydroxylation sites is 2. The average Bonchev–Trinajstić information content (AvgIpc) is 2.38. The number of ether oxygens (including phenoxy) is 1. The van der Waals surface area contributed by atoms with Gasteiger partial charge in [0.05, 0.1) is 13.3 Å². The number of carbonyl (C=O) groups is 1. The summed E-state index contributed by atoms with van der Waals surface area (Å²) >= 11 is 0. The summed E-state index contributed by atoms with van der Waals surface area (Å²) in [6, 6.07) is 6.92. The molecule has 0 saturated carbocycles. The Bertz CT molecular complexity index is 612. The molecule has 92 valence electrons. The Labute approximate surface area is 102 Å². The number of nitrogens with zero attached hydrogens (tertiary/aromatic N) is 3. The highest BCUT2D eigenvalue weighted by molar-refractivity contribution is 5.81. The highest BCUT2D eigenvalue weighted by Gasteiger charge is 2.06. The molecular weight excluding hydrogens is 236 g/mol. The van der Waals surface area contributed by atoms with E-state index < -0.39 is 6.09 Å². The molecule has 2 rings (SSSR count). The fraction of sp³-hybridized carbons (Fsp3) is 0.0909. The molecule has 0 atom stereocenters. The molecule has 1 heterocycles. The SMILES string of the molecule is COC(=O)N/N=C/c1c[n+]([O-])c2ccccc2n1. The fourth-order valence-corrected chi connectivity index (χ4v) is 1.36. The van der Waals surface area contributed by atoms with Gasteiger partial charge in [0.15, 0.2) is 0 Å². The van der Waals surface area contributed by atoms with Crippen LogP contribution in [0.4, 0.5) is 4.79 Å². The number of rotatable bonds is 2. The molecule has 0 spiro atoms. The Morgan fingerprint density at radius 2 is 2.33 bits per heavy atom. The smallest absolute Gasteiger partial charge is 0.427 e. The number of hydrogen-bond donors (Lipinski definition) is 1. The molecule has 0 aliphatic rings. The van der Waals surface area contributed by atoms with Crippen molar-refractivity contribution in [2.75, 3.05) is 7.11 Å². The minimum Gasteiger partial charge on any atom is -0.618 e. The molecule has 0 aliphatic heterocycles. The number of hydrogen-bond acceptors (Lipinski definition) is 5. The molecule has 18 heavy (non-hydrogen) atoms. The van der Waals surface area contributed by atoms with Crippen molar-refractivity contribution < 1.29 is 14.3 Å². The Balaban J connectivity index is 2.27. The van der Waals surface area contributed by atoms with Crippen LogP contribution in [0.25, 0.3) is 11.0 Å². The van der Waals surface area contributed by atoms with E-state index in [9.17, 15) is 10.0 Å². The molecule has 1 aromatic heterocycles. The minimum atomic E-state index is -0.693. The van der Waals surface area contributed by atoms with Crippen molar-refractivity contribution in [2.45, 2.75) is 0 Å². The van der Waals surface area contributed by atoms with Crippen molar-refractivity contribution in [3.05, 3.63) is 41.4 Å². The zero-order valence-corrected chi connectivity index (χ0v) is 9.53. The van der Waals surface area contributed by atoms with Crippen molar-refractivity contribution in [3.8, 4) is 0 Å². The second kappa shape index (κ2) is 5.09. The van der Waals surface area contributed by atoms with Crippen LogP contribution in [-0.2, 0) is 4.74 Å². The van der Waals surface area contributed by atoms with E-state index in [0.29, 0.717) is 21.5 Å². The number of amides is 1. The number of nitrogens with one attached hydrogen (secondary N) is 1. The summed E-state index contributed by atoms with van der Waals surface area (Å²) < 4.78 is 5.03. The van der Waals surface area contributed by atoms with Crippen LogP contribution >= 0.6 is 0 Å². The molecule has 0 fully saturated rings. The first kappa shape index (κ1) is 11.8. The second-order valence-corrected chi connectivity index (χ2v) is 3.34. The first-order chi connectivity index (χ1) is 8.70. The molecule has 0 radical (unpaired) electrons. The molecule has 1 N–H and O–H groups in total. The molecule has 7 nitrogen and oxygen atoms in total. The van der Waals surface area contributed by atoms with Crippen molar-refractivity contribution in [2.24, 2.45) is 5.10 Å². The summed E-state index contributed by atoms with van der Waals surface area (Å²) in [5.74, 6) is 0. The predicted octanol–water partition coefficient (Wildman–Crippen LogP) is 0.558. The standard InChI is InChI=1S/C11H10N4O3/c1-18-11(16)14-12-6-8-7-15(17)10-5-3-2-4-9(10)13-8/h2-7H,1H3,(H,14,16)/b12-6+. The molecule has 0 aliphatic carbocycles. The summed E-state index contributed by atoms with van der Waals surface area (Å²) in [6.45, 7) is 0. The third-order valence-corrected chi connectivity index (χ3v) is 2.16. The highest BCUT2D eigenvalue weighted by Crippen LogP contribution is 2.05. The van der Waals surface area contributed by atoms with Gasteiger partial charge in [-0.1, -0.05) is 12.1 Å². The van der Waals surface area contributed by atoms with Crippen LogP contribution in [0.3, 0.4) is 0 Å². The highest BCUT2D eigenvalue weighted by atomic mass is 16.5. The fourth-order valence-electron chi connectivity index (χ4n) is 1.36. The molecular formula is C11H10N4O3. The lowest BCUT2D eigenvalue weighted by Crippen LogP contribution is -2.28. The van der Waals surface area contributed by atoms with Crippen LogP contribution in [0.1, 0.15) is 5.69 Å². The van der Waals surface area contributed by atoms with Gasteiger partial charge in [-0.2, -0.15) is 9.83 Å². The first-order valence-corrected chi connectivity index (χ1v) is 5.06. The summed E-state index contributed by atoms with van der Waals surface area (Å²) in [6.07, 6.45) is 1.84. The van der Waals surface area contributed by atoms with E-state index in [1.165, 1.54) is 19.5 Å².